The summed E-state index contributed by atoms with van der Waals surface area (Å²) in [7, 11) is 0. The molecule has 0 aliphatic carbocycles. The van der Waals surface area contributed by atoms with Crippen LogP contribution in [0, 0.1) is 0 Å². The molecule has 2 unspecified atom stereocenters. The maximum Gasteiger partial charge on any atom is 0.239 e. The molecular formula is C9H19ClN2OS. The van der Waals surface area contributed by atoms with Crippen molar-refractivity contribution in [3.8, 4) is 0 Å². The number of nitrogens with zero attached hydrogens (tertiary/aromatic N) is 1. The molecule has 3 nitrogen and oxygen atoms in total. The molecule has 1 amide bonds. The Hall–Kier alpha value is 0.0700. The fraction of sp³-hybridized carbons (Fsp3) is 0.889. The van der Waals surface area contributed by atoms with Crippen molar-refractivity contribution in [1.82, 2.24) is 4.90 Å². The number of hydrogen-bond acceptors (Lipinski definition) is 3. The molecule has 5 heteroatoms. The van der Waals surface area contributed by atoms with Crippen LogP contribution in [0.5, 0.6) is 0 Å². The van der Waals surface area contributed by atoms with E-state index in [0.717, 1.165) is 25.1 Å². The van der Waals surface area contributed by atoms with Crippen LogP contribution in [0.25, 0.3) is 0 Å². The zero-order chi connectivity index (χ0) is 9.84. The second-order valence-corrected chi connectivity index (χ2v) is 4.48. The van der Waals surface area contributed by atoms with Crippen molar-refractivity contribution >= 4 is 30.1 Å². The van der Waals surface area contributed by atoms with E-state index in [1.807, 2.05) is 4.90 Å². The van der Waals surface area contributed by atoms with Crippen LogP contribution >= 0.6 is 24.2 Å². The maximum atomic E-state index is 11.6. The summed E-state index contributed by atoms with van der Waals surface area (Å²) in [5.41, 5.74) is 5.58. The number of thioether (sulfide) groups is 1. The molecule has 0 aromatic heterocycles. The van der Waals surface area contributed by atoms with Gasteiger partial charge in [0.05, 0.1) is 6.04 Å². The SMILES string of the molecule is CSCC1CCCN1C(=O)C(C)N.Cl. The van der Waals surface area contributed by atoms with Gasteiger partial charge in [0.15, 0.2) is 0 Å². The summed E-state index contributed by atoms with van der Waals surface area (Å²) in [5, 5.41) is 0. The average Bonchev–Trinajstić information content (AvgIpc) is 2.52. The molecular weight excluding hydrogens is 220 g/mol. The van der Waals surface area contributed by atoms with Gasteiger partial charge in [-0.1, -0.05) is 0 Å². The van der Waals surface area contributed by atoms with Crippen LogP contribution in [0.4, 0.5) is 0 Å². The van der Waals surface area contributed by atoms with E-state index in [9.17, 15) is 4.79 Å². The third kappa shape index (κ3) is 3.33. The number of rotatable bonds is 3. The van der Waals surface area contributed by atoms with Crippen molar-refractivity contribution < 1.29 is 4.79 Å². The van der Waals surface area contributed by atoms with E-state index in [0.29, 0.717) is 6.04 Å². The van der Waals surface area contributed by atoms with E-state index in [4.69, 9.17) is 5.73 Å². The first-order valence-electron chi connectivity index (χ1n) is 4.71. The zero-order valence-electron chi connectivity index (χ0n) is 8.73. The summed E-state index contributed by atoms with van der Waals surface area (Å²) >= 11 is 1.80. The summed E-state index contributed by atoms with van der Waals surface area (Å²) in [6.07, 6.45) is 4.34. The third-order valence-corrected chi connectivity index (χ3v) is 3.13. The van der Waals surface area contributed by atoms with Gasteiger partial charge in [-0.2, -0.15) is 11.8 Å². The smallest absolute Gasteiger partial charge is 0.239 e. The molecule has 84 valence electrons. The number of carbonyl (C=O) groups is 1. The Morgan fingerprint density at radius 1 is 1.71 bits per heavy atom. The van der Waals surface area contributed by atoms with Gasteiger partial charge in [-0.15, -0.1) is 12.4 Å². The molecule has 1 aliphatic heterocycles. The topological polar surface area (TPSA) is 46.3 Å². The first kappa shape index (κ1) is 14.1. The summed E-state index contributed by atoms with van der Waals surface area (Å²) in [5.74, 6) is 1.15. The van der Waals surface area contributed by atoms with Crippen LogP contribution in [0.15, 0.2) is 0 Å². The molecule has 2 N–H and O–H groups in total. The van der Waals surface area contributed by atoms with E-state index < -0.39 is 0 Å². The van der Waals surface area contributed by atoms with Crippen LogP contribution in [-0.4, -0.2) is 41.4 Å². The van der Waals surface area contributed by atoms with Crippen molar-refractivity contribution in [2.45, 2.75) is 31.8 Å². The Labute approximate surface area is 96.2 Å². The molecule has 1 heterocycles. The normalized spacial score (nSPS) is 23.1. The molecule has 1 saturated heterocycles. The van der Waals surface area contributed by atoms with Crippen molar-refractivity contribution in [2.24, 2.45) is 5.73 Å². The van der Waals surface area contributed by atoms with Gasteiger partial charge in [0, 0.05) is 18.3 Å². The molecule has 1 rings (SSSR count). The van der Waals surface area contributed by atoms with Crippen molar-refractivity contribution in [2.75, 3.05) is 18.6 Å². The van der Waals surface area contributed by atoms with E-state index in [1.54, 1.807) is 18.7 Å². The minimum atomic E-state index is -0.345. The highest BCUT2D eigenvalue weighted by molar-refractivity contribution is 7.98. The largest absolute Gasteiger partial charge is 0.338 e. The van der Waals surface area contributed by atoms with Crippen molar-refractivity contribution in [3.63, 3.8) is 0 Å². The Kier molecular flexibility index (Phi) is 6.57. The monoisotopic (exact) mass is 238 g/mol. The van der Waals surface area contributed by atoms with Gasteiger partial charge in [0.1, 0.15) is 0 Å². The third-order valence-electron chi connectivity index (χ3n) is 2.41. The lowest BCUT2D eigenvalue weighted by molar-refractivity contribution is -0.132. The van der Waals surface area contributed by atoms with Gasteiger partial charge in [-0.25, -0.2) is 0 Å². The van der Waals surface area contributed by atoms with Crippen LogP contribution in [0.3, 0.4) is 0 Å². The predicted molar refractivity (Wildman–Crippen MR) is 64.0 cm³/mol. The number of likely N-dealkylation sites (tertiary alicyclic amines) is 1. The van der Waals surface area contributed by atoms with E-state index in [1.165, 1.54) is 0 Å². The number of hydrogen-bond donors (Lipinski definition) is 1. The number of nitrogens with two attached hydrogens (primary N) is 1. The van der Waals surface area contributed by atoms with Crippen LogP contribution < -0.4 is 5.73 Å². The van der Waals surface area contributed by atoms with E-state index >= 15 is 0 Å². The summed E-state index contributed by atoms with van der Waals surface area (Å²) in [6, 6.07) is 0.0796. The summed E-state index contributed by atoms with van der Waals surface area (Å²) in [6.45, 7) is 2.66. The lowest BCUT2D eigenvalue weighted by Gasteiger charge is -2.25. The van der Waals surface area contributed by atoms with E-state index in [2.05, 4.69) is 6.26 Å². The fourth-order valence-corrected chi connectivity index (χ4v) is 2.48. The Morgan fingerprint density at radius 2 is 2.36 bits per heavy atom. The van der Waals surface area contributed by atoms with E-state index in [-0.39, 0.29) is 24.4 Å². The van der Waals surface area contributed by atoms with Gasteiger partial charge in [0.25, 0.3) is 0 Å². The fourth-order valence-electron chi connectivity index (χ4n) is 1.75. The number of carbonyl (C=O) groups excluding carboxylic acids is 1. The Bertz CT molecular complexity index is 190. The quantitative estimate of drug-likeness (QED) is 0.801. The van der Waals surface area contributed by atoms with Gasteiger partial charge < -0.3 is 10.6 Å². The van der Waals surface area contributed by atoms with Crippen molar-refractivity contribution in [3.05, 3.63) is 0 Å². The molecule has 0 bridgehead atoms. The van der Waals surface area contributed by atoms with Gasteiger partial charge in [-0.3, -0.25) is 4.79 Å². The molecule has 0 radical (unpaired) electrons. The van der Waals surface area contributed by atoms with Gasteiger partial charge in [0.2, 0.25) is 5.91 Å². The lowest BCUT2D eigenvalue weighted by Crippen LogP contribution is -2.45. The highest BCUT2D eigenvalue weighted by Gasteiger charge is 2.29. The first-order valence-corrected chi connectivity index (χ1v) is 6.11. The van der Waals surface area contributed by atoms with Crippen LogP contribution in [0.1, 0.15) is 19.8 Å². The minimum Gasteiger partial charge on any atom is -0.338 e. The Morgan fingerprint density at radius 3 is 2.86 bits per heavy atom. The minimum absolute atomic E-state index is 0. The zero-order valence-corrected chi connectivity index (χ0v) is 10.4. The number of amides is 1. The molecule has 14 heavy (non-hydrogen) atoms. The van der Waals surface area contributed by atoms with Gasteiger partial charge in [-0.05, 0) is 26.0 Å². The highest BCUT2D eigenvalue weighted by Crippen LogP contribution is 2.20. The second-order valence-electron chi connectivity index (χ2n) is 3.57. The number of halogens is 1. The molecule has 0 spiro atoms. The predicted octanol–water partition coefficient (Wildman–Crippen LogP) is 1.11. The Balaban J connectivity index is 0.00000169. The molecule has 0 aromatic rings. The molecule has 0 saturated carbocycles. The summed E-state index contributed by atoms with van der Waals surface area (Å²) in [4.78, 5) is 13.6. The van der Waals surface area contributed by atoms with Crippen molar-refractivity contribution in [1.29, 1.82) is 0 Å². The second kappa shape index (κ2) is 6.53. The standard InChI is InChI=1S/C9H18N2OS.ClH/c1-7(10)9(12)11-5-3-4-8(11)6-13-2;/h7-8H,3-6,10H2,1-2H3;1H. The molecule has 1 aliphatic rings. The van der Waals surface area contributed by atoms with Crippen LogP contribution in [0.2, 0.25) is 0 Å². The molecule has 2 atom stereocenters. The maximum absolute atomic E-state index is 11.6. The first-order chi connectivity index (χ1) is 6.16. The summed E-state index contributed by atoms with van der Waals surface area (Å²) < 4.78 is 0. The lowest BCUT2D eigenvalue weighted by atomic mass is 10.2. The van der Waals surface area contributed by atoms with Crippen LogP contribution in [-0.2, 0) is 4.79 Å². The van der Waals surface area contributed by atoms with Gasteiger partial charge >= 0.3 is 0 Å². The molecule has 1 fully saturated rings. The average molecular weight is 239 g/mol. The highest BCUT2D eigenvalue weighted by atomic mass is 35.5. The molecule has 0 aromatic carbocycles.